The quantitative estimate of drug-likeness (QED) is 0.772. The summed E-state index contributed by atoms with van der Waals surface area (Å²) in [5.41, 5.74) is 7.32. The van der Waals surface area contributed by atoms with Gasteiger partial charge < -0.3 is 10.5 Å². The molecule has 2 nitrogen and oxygen atoms in total. The van der Waals surface area contributed by atoms with Crippen LogP contribution in [0, 0.1) is 0 Å². The zero-order chi connectivity index (χ0) is 12.9. The Balaban J connectivity index is 2.81. The van der Waals surface area contributed by atoms with Crippen LogP contribution < -0.4 is 5.73 Å². The van der Waals surface area contributed by atoms with E-state index in [9.17, 15) is 4.39 Å². The monoisotopic (exact) mass is 239 g/mol. The molecule has 0 saturated carbocycles. The van der Waals surface area contributed by atoms with E-state index in [0.717, 1.165) is 12.0 Å². The summed E-state index contributed by atoms with van der Waals surface area (Å²) in [6.07, 6.45) is 1.06. The lowest BCUT2D eigenvalue weighted by Gasteiger charge is -2.27. The highest BCUT2D eigenvalue weighted by Gasteiger charge is 2.20. The Labute approximate surface area is 103 Å². The van der Waals surface area contributed by atoms with Gasteiger partial charge in [-0.1, -0.05) is 31.2 Å². The van der Waals surface area contributed by atoms with Crippen LogP contribution >= 0.6 is 0 Å². The number of ether oxygens (including phenoxy) is 1. The molecule has 0 amide bonds. The number of rotatable bonds is 6. The van der Waals surface area contributed by atoms with Crippen LogP contribution in [0.3, 0.4) is 0 Å². The molecule has 1 aromatic rings. The molecule has 0 bridgehead atoms. The fraction of sp³-hybridized carbons (Fsp3) is 0.571. The predicted molar refractivity (Wildman–Crippen MR) is 68.5 cm³/mol. The molecular weight excluding hydrogens is 217 g/mol. The highest BCUT2D eigenvalue weighted by Crippen LogP contribution is 2.25. The van der Waals surface area contributed by atoms with E-state index < -0.39 is 12.4 Å². The van der Waals surface area contributed by atoms with Gasteiger partial charge in [-0.3, -0.25) is 4.39 Å². The molecule has 1 rings (SSSR count). The number of hydrogen-bond acceptors (Lipinski definition) is 2. The van der Waals surface area contributed by atoms with E-state index in [2.05, 4.69) is 6.92 Å². The van der Waals surface area contributed by atoms with Crippen molar-refractivity contribution in [2.75, 3.05) is 6.67 Å². The van der Waals surface area contributed by atoms with Crippen molar-refractivity contribution in [3.63, 3.8) is 0 Å². The smallest absolute Gasteiger partial charge is 0.111 e. The lowest BCUT2D eigenvalue weighted by molar-refractivity contribution is -0.0746. The van der Waals surface area contributed by atoms with Gasteiger partial charge in [-0.15, -0.1) is 0 Å². The average Bonchev–Trinajstić information content (AvgIpc) is 2.27. The van der Waals surface area contributed by atoms with Gasteiger partial charge in [0.15, 0.2) is 0 Å². The first-order chi connectivity index (χ1) is 7.96. The summed E-state index contributed by atoms with van der Waals surface area (Å²) >= 11 is 0. The molecule has 0 spiro atoms. The third-order valence-corrected chi connectivity index (χ3v) is 2.58. The first kappa shape index (κ1) is 14.1. The minimum atomic E-state index is -0.747. The van der Waals surface area contributed by atoms with Gasteiger partial charge in [0.25, 0.3) is 0 Å². The minimum Gasteiger partial charge on any atom is -0.353 e. The van der Waals surface area contributed by atoms with Crippen LogP contribution in [0.1, 0.15) is 44.4 Å². The van der Waals surface area contributed by atoms with Crippen LogP contribution in [0.4, 0.5) is 4.39 Å². The highest BCUT2D eigenvalue weighted by atomic mass is 19.1. The zero-order valence-corrected chi connectivity index (χ0v) is 10.9. The van der Waals surface area contributed by atoms with Crippen molar-refractivity contribution in [1.82, 2.24) is 0 Å². The molecular formula is C14H22FNO. The summed E-state index contributed by atoms with van der Waals surface area (Å²) in [5.74, 6) is 0. The molecule has 1 unspecified atom stereocenters. The van der Waals surface area contributed by atoms with Gasteiger partial charge in [-0.25, -0.2) is 0 Å². The van der Waals surface area contributed by atoms with Crippen molar-refractivity contribution in [2.45, 2.75) is 45.4 Å². The topological polar surface area (TPSA) is 35.2 Å². The molecule has 1 atom stereocenters. The molecule has 96 valence electrons. The van der Waals surface area contributed by atoms with Crippen LogP contribution in [0.25, 0.3) is 0 Å². The molecule has 17 heavy (non-hydrogen) atoms. The average molecular weight is 239 g/mol. The lowest BCUT2D eigenvalue weighted by atomic mass is 10.0. The second-order valence-corrected chi connectivity index (χ2v) is 4.78. The Hall–Kier alpha value is -0.930. The SMILES string of the molecule is CCc1ccc(C(CCF)OC(C)(C)N)cc1. The van der Waals surface area contributed by atoms with Gasteiger partial charge in [0.2, 0.25) is 0 Å². The molecule has 0 fully saturated rings. The van der Waals surface area contributed by atoms with E-state index in [-0.39, 0.29) is 6.10 Å². The molecule has 0 saturated heterocycles. The number of hydrogen-bond donors (Lipinski definition) is 1. The molecule has 0 heterocycles. The number of benzene rings is 1. The predicted octanol–water partition coefficient (Wildman–Crippen LogP) is 3.36. The Morgan fingerprint density at radius 1 is 1.29 bits per heavy atom. The third-order valence-electron chi connectivity index (χ3n) is 2.58. The van der Waals surface area contributed by atoms with Crippen molar-refractivity contribution in [3.8, 4) is 0 Å². The van der Waals surface area contributed by atoms with Crippen LogP contribution in [-0.4, -0.2) is 12.4 Å². The fourth-order valence-corrected chi connectivity index (χ4v) is 1.73. The summed E-state index contributed by atoms with van der Waals surface area (Å²) in [6.45, 7) is 5.25. The van der Waals surface area contributed by atoms with Gasteiger partial charge >= 0.3 is 0 Å². The van der Waals surface area contributed by atoms with Gasteiger partial charge in [0, 0.05) is 6.42 Å². The molecule has 0 radical (unpaired) electrons. The lowest BCUT2D eigenvalue weighted by Crippen LogP contribution is -2.37. The van der Waals surface area contributed by atoms with E-state index in [0.29, 0.717) is 6.42 Å². The minimum absolute atomic E-state index is 0.272. The largest absolute Gasteiger partial charge is 0.353 e. The van der Waals surface area contributed by atoms with E-state index in [1.165, 1.54) is 5.56 Å². The van der Waals surface area contributed by atoms with Crippen molar-refractivity contribution in [3.05, 3.63) is 35.4 Å². The molecule has 0 aliphatic rings. The fourth-order valence-electron chi connectivity index (χ4n) is 1.73. The molecule has 0 aromatic heterocycles. The van der Waals surface area contributed by atoms with Gasteiger partial charge in [-0.2, -0.15) is 0 Å². The Morgan fingerprint density at radius 2 is 1.88 bits per heavy atom. The molecule has 1 aromatic carbocycles. The van der Waals surface area contributed by atoms with E-state index >= 15 is 0 Å². The number of nitrogens with two attached hydrogens (primary N) is 1. The maximum absolute atomic E-state index is 12.5. The summed E-state index contributed by atoms with van der Waals surface area (Å²) in [7, 11) is 0. The normalized spacial score (nSPS) is 13.7. The maximum atomic E-state index is 12.5. The van der Waals surface area contributed by atoms with E-state index in [1.54, 1.807) is 13.8 Å². The van der Waals surface area contributed by atoms with E-state index in [1.807, 2.05) is 24.3 Å². The number of aryl methyl sites for hydroxylation is 1. The zero-order valence-electron chi connectivity index (χ0n) is 10.9. The van der Waals surface area contributed by atoms with Gasteiger partial charge in [0.1, 0.15) is 5.72 Å². The Bertz CT molecular complexity index is 329. The summed E-state index contributed by atoms with van der Waals surface area (Å²) < 4.78 is 18.2. The first-order valence-corrected chi connectivity index (χ1v) is 6.07. The first-order valence-electron chi connectivity index (χ1n) is 6.07. The van der Waals surface area contributed by atoms with Gasteiger partial charge in [-0.05, 0) is 31.4 Å². The Kier molecular flexibility index (Phi) is 5.09. The van der Waals surface area contributed by atoms with E-state index in [4.69, 9.17) is 10.5 Å². The van der Waals surface area contributed by atoms with Crippen molar-refractivity contribution in [1.29, 1.82) is 0 Å². The van der Waals surface area contributed by atoms with Crippen LogP contribution in [0.2, 0.25) is 0 Å². The number of alkyl halides is 1. The molecule has 0 aliphatic heterocycles. The maximum Gasteiger partial charge on any atom is 0.111 e. The second-order valence-electron chi connectivity index (χ2n) is 4.78. The molecule has 2 N–H and O–H groups in total. The van der Waals surface area contributed by atoms with Crippen LogP contribution in [-0.2, 0) is 11.2 Å². The highest BCUT2D eigenvalue weighted by molar-refractivity contribution is 5.24. The summed E-state index contributed by atoms with van der Waals surface area (Å²) in [5, 5.41) is 0. The number of halogens is 1. The second kappa shape index (κ2) is 6.12. The molecule has 3 heteroatoms. The van der Waals surface area contributed by atoms with Crippen molar-refractivity contribution < 1.29 is 9.13 Å². The Morgan fingerprint density at radius 3 is 2.29 bits per heavy atom. The molecule has 0 aliphatic carbocycles. The summed E-state index contributed by atoms with van der Waals surface area (Å²) in [6, 6.07) is 8.08. The van der Waals surface area contributed by atoms with Gasteiger partial charge in [0.05, 0.1) is 12.8 Å². The van der Waals surface area contributed by atoms with Crippen molar-refractivity contribution in [2.24, 2.45) is 5.73 Å². The van der Waals surface area contributed by atoms with Crippen LogP contribution in [0.5, 0.6) is 0 Å². The van der Waals surface area contributed by atoms with Crippen LogP contribution in [0.15, 0.2) is 24.3 Å². The standard InChI is InChI=1S/C14H22FNO/c1-4-11-5-7-12(8-6-11)13(9-10-15)17-14(2,3)16/h5-8,13H,4,9-10,16H2,1-3H3. The van der Waals surface area contributed by atoms with Crippen molar-refractivity contribution >= 4 is 0 Å². The third kappa shape index (κ3) is 4.84. The summed E-state index contributed by atoms with van der Waals surface area (Å²) in [4.78, 5) is 0.